The highest BCUT2D eigenvalue weighted by atomic mass is 16.6. The largest absolute Gasteiger partial charge is 0.490 e. The smallest absolute Gasteiger partial charge is 0.311 e. The van der Waals surface area contributed by atoms with Crippen molar-refractivity contribution in [3.63, 3.8) is 0 Å². The van der Waals surface area contributed by atoms with Gasteiger partial charge in [0, 0.05) is 12.8 Å². The van der Waals surface area contributed by atoms with Crippen molar-refractivity contribution in [3.05, 3.63) is 18.2 Å². The van der Waals surface area contributed by atoms with Gasteiger partial charge in [0.05, 0.1) is 6.61 Å². The van der Waals surface area contributed by atoms with Crippen LogP contribution in [0.5, 0.6) is 17.2 Å². The zero-order valence-electron chi connectivity index (χ0n) is 19.2. The molecule has 170 valence electrons. The normalized spacial score (nSPS) is 10.6. The Balaban J connectivity index is 2.71. The molecule has 0 fully saturated rings. The highest BCUT2D eigenvalue weighted by molar-refractivity contribution is 5.77. The van der Waals surface area contributed by atoms with Crippen molar-refractivity contribution in [1.82, 2.24) is 0 Å². The Morgan fingerprint density at radius 1 is 0.667 bits per heavy atom. The average Bonchev–Trinajstić information content (AvgIpc) is 2.74. The summed E-state index contributed by atoms with van der Waals surface area (Å²) in [6, 6.07) is 5.16. The van der Waals surface area contributed by atoms with Gasteiger partial charge in [-0.05, 0) is 31.4 Å². The lowest BCUT2D eigenvalue weighted by atomic mass is 10.1. The van der Waals surface area contributed by atoms with Gasteiger partial charge in [-0.3, -0.25) is 9.59 Å². The Hall–Kier alpha value is -2.04. The maximum Gasteiger partial charge on any atom is 0.311 e. The van der Waals surface area contributed by atoms with E-state index in [0.29, 0.717) is 25.2 Å². The topological polar surface area (TPSA) is 61.8 Å². The van der Waals surface area contributed by atoms with E-state index in [0.717, 1.165) is 38.5 Å². The highest BCUT2D eigenvalue weighted by Crippen LogP contribution is 2.38. The zero-order valence-corrected chi connectivity index (χ0v) is 19.2. The van der Waals surface area contributed by atoms with Crippen molar-refractivity contribution in [2.45, 2.75) is 104 Å². The molecule has 5 nitrogen and oxygen atoms in total. The second-order valence-corrected chi connectivity index (χ2v) is 7.71. The molecule has 0 atom stereocenters. The lowest BCUT2D eigenvalue weighted by molar-refractivity contribution is -0.137. The molecule has 0 bridgehead atoms. The van der Waals surface area contributed by atoms with Gasteiger partial charge in [-0.25, -0.2) is 0 Å². The molecule has 0 amide bonds. The standard InChI is InChI=1S/C25H40O5/c1-4-7-10-11-12-13-14-20-28-21-16-15-17-22(29-23(26)18-8-5-2)25(21)30-24(27)19-9-6-3/h15-17H,4-14,18-20H2,1-3H3. The maximum absolute atomic E-state index is 12.2. The fourth-order valence-corrected chi connectivity index (χ4v) is 3.01. The van der Waals surface area contributed by atoms with Crippen molar-refractivity contribution in [2.24, 2.45) is 0 Å². The van der Waals surface area contributed by atoms with Crippen LogP contribution >= 0.6 is 0 Å². The van der Waals surface area contributed by atoms with E-state index in [1.54, 1.807) is 18.2 Å². The summed E-state index contributed by atoms with van der Waals surface area (Å²) in [5.41, 5.74) is 0. The molecule has 1 aromatic carbocycles. The van der Waals surface area contributed by atoms with Gasteiger partial charge in [0.2, 0.25) is 5.75 Å². The molecule has 30 heavy (non-hydrogen) atoms. The molecule has 0 heterocycles. The summed E-state index contributed by atoms with van der Waals surface area (Å²) in [6.45, 7) is 6.80. The van der Waals surface area contributed by atoms with E-state index in [4.69, 9.17) is 14.2 Å². The van der Waals surface area contributed by atoms with Crippen molar-refractivity contribution < 1.29 is 23.8 Å². The predicted octanol–water partition coefficient (Wildman–Crippen LogP) is 7.01. The SMILES string of the molecule is CCCCCCCCCOc1cccc(OC(=O)CCCC)c1OC(=O)CCCC. The molecule has 0 saturated carbocycles. The predicted molar refractivity (Wildman–Crippen MR) is 120 cm³/mol. The first-order valence-electron chi connectivity index (χ1n) is 11.8. The molecule has 0 unspecified atom stereocenters. The summed E-state index contributed by atoms with van der Waals surface area (Å²) >= 11 is 0. The van der Waals surface area contributed by atoms with Crippen LogP contribution in [-0.4, -0.2) is 18.5 Å². The molecule has 0 aromatic heterocycles. The molecule has 1 rings (SSSR count). The van der Waals surface area contributed by atoms with Crippen LogP contribution in [0, 0.1) is 0 Å². The van der Waals surface area contributed by atoms with Crippen LogP contribution in [0.2, 0.25) is 0 Å². The fraction of sp³-hybridized carbons (Fsp3) is 0.680. The van der Waals surface area contributed by atoms with Crippen LogP contribution in [0.15, 0.2) is 18.2 Å². The van der Waals surface area contributed by atoms with Crippen LogP contribution in [0.3, 0.4) is 0 Å². The number of carbonyl (C=O) groups excluding carboxylic acids is 2. The van der Waals surface area contributed by atoms with Gasteiger partial charge in [-0.1, -0.05) is 78.2 Å². The number of para-hydroxylation sites is 1. The van der Waals surface area contributed by atoms with Gasteiger partial charge in [-0.15, -0.1) is 0 Å². The minimum absolute atomic E-state index is 0.214. The third kappa shape index (κ3) is 11.2. The monoisotopic (exact) mass is 420 g/mol. The van der Waals surface area contributed by atoms with Gasteiger partial charge < -0.3 is 14.2 Å². The van der Waals surface area contributed by atoms with Crippen LogP contribution in [0.4, 0.5) is 0 Å². The van der Waals surface area contributed by atoms with Crippen molar-refractivity contribution in [1.29, 1.82) is 0 Å². The van der Waals surface area contributed by atoms with Crippen LogP contribution in [0.25, 0.3) is 0 Å². The molecule has 0 aliphatic heterocycles. The van der Waals surface area contributed by atoms with E-state index in [-0.39, 0.29) is 23.4 Å². The van der Waals surface area contributed by atoms with Crippen LogP contribution in [-0.2, 0) is 9.59 Å². The Bertz CT molecular complexity index is 612. The quantitative estimate of drug-likeness (QED) is 0.154. The minimum atomic E-state index is -0.338. The molecule has 0 aliphatic rings. The van der Waals surface area contributed by atoms with Crippen molar-refractivity contribution in [3.8, 4) is 17.2 Å². The summed E-state index contributed by atoms with van der Waals surface area (Å²) in [4.78, 5) is 24.3. The number of ether oxygens (including phenoxy) is 3. The fourth-order valence-electron chi connectivity index (χ4n) is 3.01. The Kier molecular flexibility index (Phi) is 14.5. The van der Waals surface area contributed by atoms with E-state index < -0.39 is 0 Å². The molecular weight excluding hydrogens is 380 g/mol. The first-order chi connectivity index (χ1) is 14.6. The number of rotatable bonds is 17. The van der Waals surface area contributed by atoms with Crippen LogP contribution < -0.4 is 14.2 Å². The lowest BCUT2D eigenvalue weighted by Crippen LogP contribution is -2.13. The van der Waals surface area contributed by atoms with Crippen molar-refractivity contribution in [2.75, 3.05) is 6.61 Å². The van der Waals surface area contributed by atoms with Crippen molar-refractivity contribution >= 4 is 11.9 Å². The Labute approximate surface area is 182 Å². The number of esters is 2. The molecule has 0 N–H and O–H groups in total. The van der Waals surface area contributed by atoms with Gasteiger partial charge in [0.15, 0.2) is 11.5 Å². The highest BCUT2D eigenvalue weighted by Gasteiger charge is 2.18. The maximum atomic E-state index is 12.2. The minimum Gasteiger partial charge on any atom is -0.490 e. The summed E-state index contributed by atoms with van der Waals surface area (Å²) in [6.07, 6.45) is 12.4. The molecule has 0 aliphatic carbocycles. The summed E-state index contributed by atoms with van der Waals surface area (Å²) < 4.78 is 17.0. The summed E-state index contributed by atoms with van der Waals surface area (Å²) in [7, 11) is 0. The molecule has 0 radical (unpaired) electrons. The van der Waals surface area contributed by atoms with E-state index >= 15 is 0 Å². The lowest BCUT2D eigenvalue weighted by Gasteiger charge is -2.15. The van der Waals surface area contributed by atoms with E-state index in [9.17, 15) is 9.59 Å². The number of carbonyl (C=O) groups is 2. The van der Waals surface area contributed by atoms with Gasteiger partial charge >= 0.3 is 11.9 Å². The number of hydrogen-bond donors (Lipinski definition) is 0. The first-order valence-corrected chi connectivity index (χ1v) is 11.8. The third-order valence-corrected chi connectivity index (χ3v) is 4.86. The zero-order chi connectivity index (χ0) is 22.0. The van der Waals surface area contributed by atoms with Gasteiger partial charge in [-0.2, -0.15) is 0 Å². The Morgan fingerprint density at radius 3 is 1.83 bits per heavy atom. The molecular formula is C25H40O5. The number of benzene rings is 1. The number of hydrogen-bond acceptors (Lipinski definition) is 5. The molecule has 5 heteroatoms. The van der Waals surface area contributed by atoms with E-state index in [2.05, 4.69) is 6.92 Å². The average molecular weight is 421 g/mol. The third-order valence-electron chi connectivity index (χ3n) is 4.86. The van der Waals surface area contributed by atoms with Gasteiger partial charge in [0.25, 0.3) is 0 Å². The number of unbranched alkanes of at least 4 members (excludes halogenated alkanes) is 8. The first kappa shape index (κ1) is 26.0. The van der Waals surface area contributed by atoms with E-state index in [1.165, 1.54) is 32.1 Å². The van der Waals surface area contributed by atoms with Crippen LogP contribution in [0.1, 0.15) is 104 Å². The second-order valence-electron chi connectivity index (χ2n) is 7.71. The molecule has 0 saturated heterocycles. The Morgan fingerprint density at radius 2 is 1.20 bits per heavy atom. The molecule has 1 aromatic rings. The second kappa shape index (κ2) is 16.7. The summed E-state index contributed by atoms with van der Waals surface area (Å²) in [5.74, 6) is 0.248. The van der Waals surface area contributed by atoms with E-state index in [1.807, 2.05) is 13.8 Å². The summed E-state index contributed by atoms with van der Waals surface area (Å²) in [5, 5.41) is 0. The molecule has 0 spiro atoms. The van der Waals surface area contributed by atoms with Gasteiger partial charge in [0.1, 0.15) is 0 Å².